The molecule has 1 aromatic rings. The van der Waals surface area contributed by atoms with Crippen LogP contribution < -0.4 is 20.5 Å². The third-order valence-corrected chi connectivity index (χ3v) is 3.43. The van der Waals surface area contributed by atoms with Gasteiger partial charge in [0.15, 0.2) is 0 Å². The molecule has 0 unspecified atom stereocenters. The molecule has 3 N–H and O–H groups in total. The van der Waals surface area contributed by atoms with Crippen molar-refractivity contribution in [2.24, 2.45) is 5.73 Å². The van der Waals surface area contributed by atoms with Crippen LogP contribution in [0.1, 0.15) is 20.3 Å². The van der Waals surface area contributed by atoms with E-state index in [9.17, 15) is 4.79 Å². The number of hydrogen-bond acceptors (Lipinski definition) is 5. The van der Waals surface area contributed by atoms with Gasteiger partial charge in [-0.2, -0.15) is 11.8 Å². The van der Waals surface area contributed by atoms with Gasteiger partial charge in [0.05, 0.1) is 24.9 Å². The molecule has 0 spiro atoms. The molecule has 0 radical (unpaired) electrons. The van der Waals surface area contributed by atoms with Crippen LogP contribution in [0, 0.1) is 0 Å². The van der Waals surface area contributed by atoms with Crippen LogP contribution in [0.25, 0.3) is 0 Å². The Kier molecular flexibility index (Phi) is 8.00. The van der Waals surface area contributed by atoms with Gasteiger partial charge < -0.3 is 20.5 Å². The molecule has 6 heteroatoms. The van der Waals surface area contributed by atoms with Gasteiger partial charge >= 0.3 is 0 Å². The molecule has 1 aromatic carbocycles. The zero-order valence-electron chi connectivity index (χ0n) is 12.8. The van der Waals surface area contributed by atoms with Gasteiger partial charge in [-0.15, -0.1) is 0 Å². The molecule has 0 saturated carbocycles. The second-order valence-electron chi connectivity index (χ2n) is 4.40. The average Bonchev–Trinajstić information content (AvgIpc) is 2.47. The molecule has 0 heterocycles. The van der Waals surface area contributed by atoms with E-state index in [1.807, 2.05) is 26.2 Å². The molecule has 0 fully saturated rings. The zero-order valence-corrected chi connectivity index (χ0v) is 13.7. The van der Waals surface area contributed by atoms with E-state index in [1.165, 1.54) is 0 Å². The highest BCUT2D eigenvalue weighted by atomic mass is 32.2. The van der Waals surface area contributed by atoms with Gasteiger partial charge in [0.1, 0.15) is 11.5 Å². The number of ether oxygens (including phenoxy) is 2. The summed E-state index contributed by atoms with van der Waals surface area (Å²) in [6, 6.07) is 4.84. The van der Waals surface area contributed by atoms with Gasteiger partial charge in [-0.1, -0.05) is 0 Å². The Morgan fingerprint density at radius 2 is 2.05 bits per heavy atom. The number of hydrogen-bond donors (Lipinski definition) is 2. The zero-order chi connectivity index (χ0) is 15.7. The summed E-state index contributed by atoms with van der Waals surface area (Å²) in [5.41, 5.74) is 6.46. The maximum absolute atomic E-state index is 12.1. The quantitative estimate of drug-likeness (QED) is 0.733. The van der Waals surface area contributed by atoms with Crippen molar-refractivity contribution in [3.63, 3.8) is 0 Å². The molecule has 0 aromatic heterocycles. The standard InChI is InChI=1S/C15H24N2O3S/c1-4-19-11-6-7-14(20-5-2)13(10-11)17-15(18)12(16)8-9-21-3/h6-7,10,12H,4-5,8-9,16H2,1-3H3,(H,17,18)/t12-/m0/s1. The van der Waals surface area contributed by atoms with Crippen LogP contribution in [-0.4, -0.2) is 37.2 Å². The summed E-state index contributed by atoms with van der Waals surface area (Å²) in [7, 11) is 0. The lowest BCUT2D eigenvalue weighted by molar-refractivity contribution is -0.117. The third-order valence-electron chi connectivity index (χ3n) is 2.79. The predicted molar refractivity (Wildman–Crippen MR) is 88.4 cm³/mol. The molecule has 21 heavy (non-hydrogen) atoms. The van der Waals surface area contributed by atoms with Crippen LogP contribution in [0.15, 0.2) is 18.2 Å². The minimum Gasteiger partial charge on any atom is -0.494 e. The van der Waals surface area contributed by atoms with E-state index in [-0.39, 0.29) is 5.91 Å². The minimum absolute atomic E-state index is 0.210. The number of rotatable bonds is 9. The number of benzene rings is 1. The molecule has 0 aliphatic rings. The first-order valence-corrected chi connectivity index (χ1v) is 8.46. The van der Waals surface area contributed by atoms with E-state index < -0.39 is 6.04 Å². The fourth-order valence-corrected chi connectivity index (χ4v) is 2.24. The lowest BCUT2D eigenvalue weighted by Crippen LogP contribution is -2.36. The molecular formula is C15H24N2O3S. The molecule has 118 valence electrons. The van der Waals surface area contributed by atoms with Gasteiger partial charge in [0.25, 0.3) is 0 Å². The molecule has 0 bridgehead atoms. The maximum atomic E-state index is 12.1. The Morgan fingerprint density at radius 1 is 1.33 bits per heavy atom. The van der Waals surface area contributed by atoms with Crippen LogP contribution in [0.5, 0.6) is 11.5 Å². The van der Waals surface area contributed by atoms with Crippen molar-refractivity contribution in [3.05, 3.63) is 18.2 Å². The van der Waals surface area contributed by atoms with Crippen molar-refractivity contribution in [3.8, 4) is 11.5 Å². The topological polar surface area (TPSA) is 73.6 Å². The van der Waals surface area contributed by atoms with Gasteiger partial charge in [-0.3, -0.25) is 4.79 Å². The Hall–Kier alpha value is -1.40. The summed E-state index contributed by atoms with van der Waals surface area (Å²) < 4.78 is 11.0. The van der Waals surface area contributed by atoms with Gasteiger partial charge in [-0.05, 0) is 44.4 Å². The van der Waals surface area contributed by atoms with Gasteiger partial charge in [0.2, 0.25) is 5.91 Å². The fraction of sp³-hybridized carbons (Fsp3) is 0.533. The summed E-state index contributed by atoms with van der Waals surface area (Å²) in [5, 5.41) is 2.82. The summed E-state index contributed by atoms with van der Waals surface area (Å²) in [4.78, 5) is 12.1. The van der Waals surface area contributed by atoms with Crippen molar-refractivity contribution in [1.82, 2.24) is 0 Å². The molecular weight excluding hydrogens is 288 g/mol. The van der Waals surface area contributed by atoms with E-state index >= 15 is 0 Å². The first-order valence-electron chi connectivity index (χ1n) is 7.07. The van der Waals surface area contributed by atoms with Crippen molar-refractivity contribution < 1.29 is 14.3 Å². The van der Waals surface area contributed by atoms with E-state index in [2.05, 4.69) is 5.32 Å². The first-order chi connectivity index (χ1) is 10.1. The molecule has 0 saturated heterocycles. The number of amides is 1. The van der Waals surface area contributed by atoms with Crippen molar-refractivity contribution in [2.75, 3.05) is 30.5 Å². The average molecular weight is 312 g/mol. The van der Waals surface area contributed by atoms with Crippen LogP contribution in [0.4, 0.5) is 5.69 Å². The third kappa shape index (κ3) is 5.85. The lowest BCUT2D eigenvalue weighted by Gasteiger charge is -2.16. The molecule has 0 aliphatic carbocycles. The number of carbonyl (C=O) groups is 1. The number of nitrogens with two attached hydrogens (primary N) is 1. The minimum atomic E-state index is -0.525. The second kappa shape index (κ2) is 9.52. The highest BCUT2D eigenvalue weighted by Gasteiger charge is 2.16. The largest absolute Gasteiger partial charge is 0.494 e. The predicted octanol–water partition coefficient (Wildman–Crippen LogP) is 2.50. The maximum Gasteiger partial charge on any atom is 0.241 e. The number of nitrogens with one attached hydrogen (secondary N) is 1. The Bertz CT molecular complexity index is 455. The highest BCUT2D eigenvalue weighted by molar-refractivity contribution is 7.98. The van der Waals surface area contributed by atoms with E-state index in [0.29, 0.717) is 36.8 Å². The Balaban J connectivity index is 2.82. The number of anilines is 1. The van der Waals surface area contributed by atoms with Crippen LogP contribution >= 0.6 is 11.8 Å². The Morgan fingerprint density at radius 3 is 2.67 bits per heavy atom. The smallest absolute Gasteiger partial charge is 0.241 e. The van der Waals surface area contributed by atoms with E-state index in [1.54, 1.807) is 23.9 Å². The SMILES string of the molecule is CCOc1ccc(OCC)c(NC(=O)[C@@H](N)CCSC)c1. The van der Waals surface area contributed by atoms with E-state index in [0.717, 1.165) is 5.75 Å². The summed E-state index contributed by atoms with van der Waals surface area (Å²) >= 11 is 1.67. The van der Waals surface area contributed by atoms with Crippen LogP contribution in [0.2, 0.25) is 0 Å². The van der Waals surface area contributed by atoms with Crippen molar-refractivity contribution in [2.45, 2.75) is 26.3 Å². The van der Waals surface area contributed by atoms with Crippen LogP contribution in [-0.2, 0) is 4.79 Å². The number of thioether (sulfide) groups is 1. The Labute approximate surface area is 130 Å². The molecule has 0 aliphatic heterocycles. The fourth-order valence-electron chi connectivity index (χ4n) is 1.75. The van der Waals surface area contributed by atoms with Crippen molar-refractivity contribution in [1.29, 1.82) is 0 Å². The summed E-state index contributed by atoms with van der Waals surface area (Å²) in [6.45, 7) is 4.89. The molecule has 5 nitrogen and oxygen atoms in total. The lowest BCUT2D eigenvalue weighted by atomic mass is 10.2. The molecule has 1 rings (SSSR count). The normalized spacial score (nSPS) is 11.8. The summed E-state index contributed by atoms with van der Waals surface area (Å²) in [5.74, 6) is 1.95. The van der Waals surface area contributed by atoms with Crippen LogP contribution in [0.3, 0.4) is 0 Å². The molecule has 1 atom stereocenters. The molecule has 1 amide bonds. The monoisotopic (exact) mass is 312 g/mol. The van der Waals surface area contributed by atoms with Gasteiger partial charge in [-0.25, -0.2) is 0 Å². The van der Waals surface area contributed by atoms with Crippen molar-refractivity contribution >= 4 is 23.4 Å². The van der Waals surface area contributed by atoms with Gasteiger partial charge in [0, 0.05) is 6.07 Å². The second-order valence-corrected chi connectivity index (χ2v) is 5.39. The highest BCUT2D eigenvalue weighted by Crippen LogP contribution is 2.29. The summed E-state index contributed by atoms with van der Waals surface area (Å²) in [6.07, 6.45) is 2.63. The first kappa shape index (κ1) is 17.7. The number of carbonyl (C=O) groups excluding carboxylic acids is 1. The van der Waals surface area contributed by atoms with E-state index in [4.69, 9.17) is 15.2 Å².